The molecular formula is C11H22ClNO3. The molecule has 0 bridgehead atoms. The highest BCUT2D eigenvalue weighted by atomic mass is 35.5. The average Bonchev–Trinajstić information content (AvgIpc) is 2.19. The van der Waals surface area contributed by atoms with Crippen LogP contribution in [0.5, 0.6) is 0 Å². The van der Waals surface area contributed by atoms with Crippen LogP contribution in [-0.4, -0.2) is 48.8 Å². The van der Waals surface area contributed by atoms with E-state index in [0.717, 1.165) is 32.6 Å². The number of carboxylic acids is 1. The van der Waals surface area contributed by atoms with Gasteiger partial charge < -0.3 is 9.84 Å². The van der Waals surface area contributed by atoms with Crippen LogP contribution in [0.2, 0.25) is 0 Å². The molecule has 1 saturated heterocycles. The number of hydrogen-bond donors (Lipinski definition) is 1. The standard InChI is InChI=1S/C11H21NO3.ClH/c1-3-10(11(13)14)12(2)7-9-5-4-6-15-8-9;/h9-10H,3-8H2,1-2H3,(H,13,14);1H. The molecule has 2 atom stereocenters. The summed E-state index contributed by atoms with van der Waals surface area (Å²) in [4.78, 5) is 12.9. The first-order valence-electron chi connectivity index (χ1n) is 5.66. The zero-order valence-corrected chi connectivity index (χ0v) is 10.8. The molecular weight excluding hydrogens is 230 g/mol. The second-order valence-electron chi connectivity index (χ2n) is 4.29. The van der Waals surface area contributed by atoms with Gasteiger partial charge in [-0.25, -0.2) is 0 Å². The minimum Gasteiger partial charge on any atom is -0.480 e. The first kappa shape index (κ1) is 15.7. The van der Waals surface area contributed by atoms with E-state index in [0.29, 0.717) is 12.3 Å². The molecule has 1 rings (SSSR count). The number of carboxylic acid groups (broad SMARTS) is 1. The molecule has 0 aromatic rings. The Bertz CT molecular complexity index is 207. The van der Waals surface area contributed by atoms with Crippen LogP contribution in [0.25, 0.3) is 0 Å². The van der Waals surface area contributed by atoms with Gasteiger partial charge in [-0.2, -0.15) is 0 Å². The maximum Gasteiger partial charge on any atom is 0.320 e. The van der Waals surface area contributed by atoms with Crippen LogP contribution in [0.4, 0.5) is 0 Å². The monoisotopic (exact) mass is 251 g/mol. The normalized spacial score (nSPS) is 22.6. The Kier molecular flexibility index (Phi) is 7.72. The highest BCUT2D eigenvalue weighted by molar-refractivity contribution is 5.85. The maximum atomic E-state index is 10.9. The third-order valence-corrected chi connectivity index (χ3v) is 3.00. The Hall–Kier alpha value is -0.320. The van der Waals surface area contributed by atoms with Crippen LogP contribution in [0.1, 0.15) is 26.2 Å². The van der Waals surface area contributed by atoms with E-state index in [1.807, 2.05) is 18.9 Å². The van der Waals surface area contributed by atoms with Crippen molar-refractivity contribution >= 4 is 18.4 Å². The van der Waals surface area contributed by atoms with Gasteiger partial charge in [0.1, 0.15) is 6.04 Å². The molecule has 1 aliphatic heterocycles. The van der Waals surface area contributed by atoms with Gasteiger partial charge in [0.15, 0.2) is 0 Å². The van der Waals surface area contributed by atoms with Crippen molar-refractivity contribution in [3.05, 3.63) is 0 Å². The van der Waals surface area contributed by atoms with Gasteiger partial charge in [-0.05, 0) is 32.2 Å². The van der Waals surface area contributed by atoms with E-state index >= 15 is 0 Å². The van der Waals surface area contributed by atoms with Crippen molar-refractivity contribution in [3.8, 4) is 0 Å². The van der Waals surface area contributed by atoms with Crippen molar-refractivity contribution in [2.24, 2.45) is 5.92 Å². The van der Waals surface area contributed by atoms with Crippen LogP contribution in [-0.2, 0) is 9.53 Å². The van der Waals surface area contributed by atoms with E-state index in [4.69, 9.17) is 9.84 Å². The molecule has 0 amide bonds. The van der Waals surface area contributed by atoms with E-state index in [1.54, 1.807) is 0 Å². The Labute approximate surface area is 103 Å². The van der Waals surface area contributed by atoms with E-state index in [-0.39, 0.29) is 18.4 Å². The van der Waals surface area contributed by atoms with E-state index in [9.17, 15) is 4.79 Å². The van der Waals surface area contributed by atoms with Crippen LogP contribution in [0.3, 0.4) is 0 Å². The van der Waals surface area contributed by atoms with Gasteiger partial charge in [0, 0.05) is 13.2 Å². The Balaban J connectivity index is 0.00000225. The Morgan fingerprint density at radius 3 is 2.75 bits per heavy atom. The third kappa shape index (κ3) is 4.68. The average molecular weight is 252 g/mol. The molecule has 16 heavy (non-hydrogen) atoms. The molecule has 1 heterocycles. The smallest absolute Gasteiger partial charge is 0.320 e. The number of hydrogen-bond acceptors (Lipinski definition) is 3. The molecule has 1 fully saturated rings. The zero-order valence-electron chi connectivity index (χ0n) is 10.0. The molecule has 0 spiro atoms. The highest BCUT2D eigenvalue weighted by Gasteiger charge is 2.24. The lowest BCUT2D eigenvalue weighted by atomic mass is 10.0. The first-order valence-corrected chi connectivity index (χ1v) is 5.66. The Morgan fingerprint density at radius 1 is 1.62 bits per heavy atom. The molecule has 96 valence electrons. The summed E-state index contributed by atoms with van der Waals surface area (Å²) >= 11 is 0. The number of rotatable bonds is 5. The predicted octanol–water partition coefficient (Wildman–Crippen LogP) is 1.63. The van der Waals surface area contributed by atoms with Gasteiger partial charge >= 0.3 is 5.97 Å². The summed E-state index contributed by atoms with van der Waals surface area (Å²) in [6, 6.07) is -0.355. The largest absolute Gasteiger partial charge is 0.480 e. The van der Waals surface area contributed by atoms with E-state index in [2.05, 4.69) is 0 Å². The van der Waals surface area contributed by atoms with Crippen molar-refractivity contribution < 1.29 is 14.6 Å². The number of carbonyl (C=O) groups is 1. The summed E-state index contributed by atoms with van der Waals surface area (Å²) in [5, 5.41) is 9.00. The molecule has 4 nitrogen and oxygen atoms in total. The molecule has 0 radical (unpaired) electrons. The minimum atomic E-state index is -0.725. The van der Waals surface area contributed by atoms with Crippen molar-refractivity contribution in [2.75, 3.05) is 26.8 Å². The van der Waals surface area contributed by atoms with Gasteiger partial charge in [-0.3, -0.25) is 9.69 Å². The van der Waals surface area contributed by atoms with Gasteiger partial charge in [0.25, 0.3) is 0 Å². The number of aliphatic carboxylic acids is 1. The molecule has 5 heteroatoms. The highest BCUT2D eigenvalue weighted by Crippen LogP contribution is 2.16. The fourth-order valence-electron chi connectivity index (χ4n) is 2.16. The molecule has 0 saturated carbocycles. The maximum absolute atomic E-state index is 10.9. The Morgan fingerprint density at radius 2 is 2.31 bits per heavy atom. The lowest BCUT2D eigenvalue weighted by molar-refractivity contribution is -0.143. The minimum absolute atomic E-state index is 0. The van der Waals surface area contributed by atoms with Crippen LogP contribution in [0, 0.1) is 5.92 Å². The zero-order chi connectivity index (χ0) is 11.3. The second kappa shape index (κ2) is 7.87. The van der Waals surface area contributed by atoms with E-state index < -0.39 is 5.97 Å². The summed E-state index contributed by atoms with van der Waals surface area (Å²) in [7, 11) is 1.89. The number of halogens is 1. The SMILES string of the molecule is CCC(C(=O)O)N(C)CC1CCCOC1.Cl. The van der Waals surface area contributed by atoms with Crippen LogP contribution in [0.15, 0.2) is 0 Å². The number of likely N-dealkylation sites (N-methyl/N-ethyl adjacent to an activating group) is 1. The summed E-state index contributed by atoms with van der Waals surface area (Å²) in [5.41, 5.74) is 0. The first-order chi connectivity index (χ1) is 7.15. The van der Waals surface area contributed by atoms with Gasteiger partial charge in [0.2, 0.25) is 0 Å². The molecule has 1 N–H and O–H groups in total. The molecule has 0 aromatic carbocycles. The second-order valence-corrected chi connectivity index (χ2v) is 4.29. The van der Waals surface area contributed by atoms with Gasteiger partial charge in [0.05, 0.1) is 6.61 Å². The third-order valence-electron chi connectivity index (χ3n) is 3.00. The molecule has 2 unspecified atom stereocenters. The number of ether oxygens (including phenoxy) is 1. The summed E-state index contributed by atoms with van der Waals surface area (Å²) < 4.78 is 5.38. The van der Waals surface area contributed by atoms with E-state index in [1.165, 1.54) is 0 Å². The van der Waals surface area contributed by atoms with Crippen LogP contribution < -0.4 is 0 Å². The van der Waals surface area contributed by atoms with Crippen molar-refractivity contribution in [2.45, 2.75) is 32.2 Å². The predicted molar refractivity (Wildman–Crippen MR) is 65.1 cm³/mol. The molecule has 0 aromatic heterocycles. The van der Waals surface area contributed by atoms with Crippen molar-refractivity contribution in [3.63, 3.8) is 0 Å². The summed E-state index contributed by atoms with van der Waals surface area (Å²) in [6.45, 7) is 4.37. The van der Waals surface area contributed by atoms with Crippen molar-refractivity contribution in [1.82, 2.24) is 4.90 Å². The lowest BCUT2D eigenvalue weighted by Gasteiger charge is -2.30. The molecule has 0 aliphatic carbocycles. The fraction of sp³-hybridized carbons (Fsp3) is 0.909. The summed E-state index contributed by atoms with van der Waals surface area (Å²) in [5.74, 6) is -0.228. The summed E-state index contributed by atoms with van der Waals surface area (Å²) in [6.07, 6.45) is 2.90. The quantitative estimate of drug-likeness (QED) is 0.807. The van der Waals surface area contributed by atoms with Gasteiger partial charge in [-0.15, -0.1) is 12.4 Å². The lowest BCUT2D eigenvalue weighted by Crippen LogP contribution is -2.42. The van der Waals surface area contributed by atoms with Crippen molar-refractivity contribution in [1.29, 1.82) is 0 Å². The number of nitrogens with zero attached hydrogens (tertiary/aromatic N) is 1. The molecule has 1 aliphatic rings. The topological polar surface area (TPSA) is 49.8 Å². The fourth-order valence-corrected chi connectivity index (χ4v) is 2.16. The van der Waals surface area contributed by atoms with Crippen LogP contribution >= 0.6 is 12.4 Å². The van der Waals surface area contributed by atoms with Gasteiger partial charge in [-0.1, -0.05) is 6.92 Å².